The highest BCUT2D eigenvalue weighted by atomic mass is 79.9. The summed E-state index contributed by atoms with van der Waals surface area (Å²) < 4.78 is 2.52. The predicted molar refractivity (Wildman–Crippen MR) is 84.0 cm³/mol. The number of allylic oxidation sites excluding steroid dienone is 1. The van der Waals surface area contributed by atoms with Crippen molar-refractivity contribution in [2.24, 2.45) is 7.05 Å². The number of aryl methyl sites for hydroxylation is 1. The van der Waals surface area contributed by atoms with Gasteiger partial charge < -0.3 is 0 Å². The first kappa shape index (κ1) is 12.9. The summed E-state index contributed by atoms with van der Waals surface area (Å²) in [6.45, 7) is 0. The molecule has 104 valence electrons. The lowest BCUT2D eigenvalue weighted by molar-refractivity contribution is 0.779. The van der Waals surface area contributed by atoms with Gasteiger partial charge in [-0.05, 0) is 51.1 Å². The van der Waals surface area contributed by atoms with E-state index in [1.807, 2.05) is 25.5 Å². The molecule has 0 saturated carbocycles. The Balaban J connectivity index is 1.99. The molecule has 21 heavy (non-hydrogen) atoms. The maximum Gasteiger partial charge on any atom is 0.223 e. The van der Waals surface area contributed by atoms with Gasteiger partial charge in [0.05, 0.1) is 6.20 Å². The largest absolute Gasteiger partial charge is 0.273 e. The highest BCUT2D eigenvalue weighted by Crippen LogP contribution is 2.35. The van der Waals surface area contributed by atoms with E-state index in [9.17, 15) is 0 Å². The van der Waals surface area contributed by atoms with E-state index in [1.54, 1.807) is 4.68 Å². The molecule has 7 heteroatoms. The first-order chi connectivity index (χ1) is 10.1. The molecular formula is C14H9BrClN5. The minimum Gasteiger partial charge on any atom is -0.273 e. The van der Waals surface area contributed by atoms with Crippen LogP contribution in [0, 0.1) is 0 Å². The molecule has 3 heterocycles. The molecule has 0 amide bonds. The zero-order chi connectivity index (χ0) is 14.6. The molecule has 5 nitrogen and oxygen atoms in total. The van der Waals surface area contributed by atoms with Crippen LogP contribution in [0.1, 0.15) is 16.8 Å². The number of hydrogen-bond acceptors (Lipinski definition) is 4. The first-order valence-electron chi connectivity index (χ1n) is 6.34. The van der Waals surface area contributed by atoms with E-state index in [0.29, 0.717) is 0 Å². The van der Waals surface area contributed by atoms with Crippen molar-refractivity contribution in [3.63, 3.8) is 0 Å². The lowest BCUT2D eigenvalue weighted by Gasteiger charge is -2.06. The second-order valence-electron chi connectivity index (χ2n) is 4.86. The van der Waals surface area contributed by atoms with Crippen molar-refractivity contribution in [1.29, 1.82) is 0 Å². The number of hydrogen-bond donors (Lipinski definition) is 0. The molecule has 0 aromatic carbocycles. The Labute approximate surface area is 133 Å². The molecule has 0 radical (unpaired) electrons. The van der Waals surface area contributed by atoms with Gasteiger partial charge in [-0.25, -0.2) is 15.0 Å². The summed E-state index contributed by atoms with van der Waals surface area (Å²) in [7, 11) is 1.86. The fourth-order valence-corrected chi connectivity index (χ4v) is 3.11. The van der Waals surface area contributed by atoms with Crippen LogP contribution in [0.25, 0.3) is 16.6 Å². The number of nitrogens with zero attached hydrogens (tertiary/aromatic N) is 5. The average Bonchev–Trinajstić information content (AvgIpc) is 3.00. The zero-order valence-electron chi connectivity index (χ0n) is 11.0. The molecule has 4 rings (SSSR count). The third kappa shape index (κ3) is 2.06. The Morgan fingerprint density at radius 1 is 1.33 bits per heavy atom. The second kappa shape index (κ2) is 4.61. The van der Waals surface area contributed by atoms with Crippen molar-refractivity contribution in [1.82, 2.24) is 24.7 Å². The summed E-state index contributed by atoms with van der Waals surface area (Å²) in [5.74, 6) is 0. The van der Waals surface area contributed by atoms with E-state index < -0.39 is 0 Å². The Morgan fingerprint density at radius 2 is 2.19 bits per heavy atom. The monoisotopic (exact) mass is 361 g/mol. The maximum atomic E-state index is 6.06. The smallest absolute Gasteiger partial charge is 0.223 e. The third-order valence-electron chi connectivity index (χ3n) is 3.48. The standard InChI is InChI=1S/C14H9BrClN5/c1-21-6-10-13(20-21)12(19-14(16)18-10)8-3-2-7-5-17-11(15)4-9(7)8/h3-6H,2H2,1H3. The van der Waals surface area contributed by atoms with Gasteiger partial charge in [-0.15, -0.1) is 0 Å². The molecule has 3 aromatic rings. The summed E-state index contributed by atoms with van der Waals surface area (Å²) in [4.78, 5) is 12.9. The molecular weight excluding hydrogens is 354 g/mol. The summed E-state index contributed by atoms with van der Waals surface area (Å²) in [5, 5.41) is 4.69. The van der Waals surface area contributed by atoms with Crippen LogP contribution in [-0.2, 0) is 13.5 Å². The molecule has 0 atom stereocenters. The third-order valence-corrected chi connectivity index (χ3v) is 4.08. The predicted octanol–water partition coefficient (Wildman–Crippen LogP) is 3.16. The lowest BCUT2D eigenvalue weighted by atomic mass is 10.0. The van der Waals surface area contributed by atoms with Crippen LogP contribution in [0.15, 0.2) is 29.1 Å². The molecule has 0 unspecified atom stereocenters. The van der Waals surface area contributed by atoms with Crippen molar-refractivity contribution in [3.05, 3.63) is 51.2 Å². The fraction of sp³-hybridized carbons (Fsp3) is 0.143. The maximum absolute atomic E-state index is 6.06. The molecule has 3 aromatic heterocycles. The minimum absolute atomic E-state index is 0.230. The topological polar surface area (TPSA) is 56.5 Å². The van der Waals surface area contributed by atoms with Crippen LogP contribution >= 0.6 is 27.5 Å². The molecule has 0 spiro atoms. The van der Waals surface area contributed by atoms with E-state index in [-0.39, 0.29) is 5.28 Å². The van der Waals surface area contributed by atoms with Crippen LogP contribution in [-0.4, -0.2) is 24.7 Å². The molecule has 0 fully saturated rings. The minimum atomic E-state index is 0.230. The lowest BCUT2D eigenvalue weighted by Crippen LogP contribution is -1.96. The van der Waals surface area contributed by atoms with E-state index in [4.69, 9.17) is 11.6 Å². The quantitative estimate of drug-likeness (QED) is 0.493. The number of pyridine rings is 1. The van der Waals surface area contributed by atoms with E-state index in [1.165, 1.54) is 5.56 Å². The van der Waals surface area contributed by atoms with Crippen LogP contribution in [0.2, 0.25) is 5.28 Å². The van der Waals surface area contributed by atoms with E-state index in [0.717, 1.165) is 38.9 Å². The summed E-state index contributed by atoms with van der Waals surface area (Å²) >= 11 is 9.48. The van der Waals surface area contributed by atoms with Crippen LogP contribution in [0.5, 0.6) is 0 Å². The number of aromatic nitrogens is 5. The van der Waals surface area contributed by atoms with Gasteiger partial charge >= 0.3 is 0 Å². The van der Waals surface area contributed by atoms with Crippen LogP contribution < -0.4 is 0 Å². The van der Waals surface area contributed by atoms with Gasteiger partial charge in [0, 0.05) is 18.8 Å². The Morgan fingerprint density at radius 3 is 3.05 bits per heavy atom. The van der Waals surface area contributed by atoms with Crippen molar-refractivity contribution in [2.75, 3.05) is 0 Å². The van der Waals surface area contributed by atoms with Gasteiger partial charge in [0.1, 0.15) is 21.3 Å². The molecule has 0 N–H and O–H groups in total. The number of halogens is 2. The van der Waals surface area contributed by atoms with Crippen LogP contribution in [0.3, 0.4) is 0 Å². The summed E-state index contributed by atoms with van der Waals surface area (Å²) in [6.07, 6.45) is 6.68. The Hall–Kier alpha value is -1.79. The summed E-state index contributed by atoms with van der Waals surface area (Å²) in [5.41, 5.74) is 5.58. The second-order valence-corrected chi connectivity index (χ2v) is 6.01. The number of rotatable bonds is 1. The molecule has 0 saturated heterocycles. The van der Waals surface area contributed by atoms with Crippen molar-refractivity contribution >= 4 is 44.1 Å². The molecule has 1 aliphatic rings. The molecule has 0 aliphatic heterocycles. The van der Waals surface area contributed by atoms with E-state index >= 15 is 0 Å². The highest BCUT2D eigenvalue weighted by molar-refractivity contribution is 9.10. The number of fused-ring (bicyclic) bond motifs is 2. The fourth-order valence-electron chi connectivity index (χ4n) is 2.60. The van der Waals surface area contributed by atoms with Gasteiger partial charge in [-0.1, -0.05) is 6.08 Å². The normalized spacial score (nSPS) is 13.6. The van der Waals surface area contributed by atoms with Gasteiger partial charge in [0.15, 0.2) is 0 Å². The van der Waals surface area contributed by atoms with Crippen molar-refractivity contribution < 1.29 is 0 Å². The Kier molecular flexibility index (Phi) is 2.83. The van der Waals surface area contributed by atoms with Gasteiger partial charge in [-0.2, -0.15) is 5.10 Å². The average molecular weight is 363 g/mol. The Bertz CT molecular complexity index is 915. The SMILES string of the molecule is Cn1cc2nc(Cl)nc(C3=CCc4cnc(Br)cc43)c2n1. The van der Waals surface area contributed by atoms with Gasteiger partial charge in [-0.3, -0.25) is 4.68 Å². The van der Waals surface area contributed by atoms with Crippen LogP contribution in [0.4, 0.5) is 0 Å². The molecule has 0 bridgehead atoms. The first-order valence-corrected chi connectivity index (χ1v) is 7.51. The highest BCUT2D eigenvalue weighted by Gasteiger charge is 2.22. The van der Waals surface area contributed by atoms with E-state index in [2.05, 4.69) is 42.1 Å². The zero-order valence-corrected chi connectivity index (χ0v) is 13.4. The van der Waals surface area contributed by atoms with Crippen molar-refractivity contribution in [3.8, 4) is 0 Å². The molecule has 1 aliphatic carbocycles. The van der Waals surface area contributed by atoms with Crippen molar-refractivity contribution in [2.45, 2.75) is 6.42 Å². The van der Waals surface area contributed by atoms with Gasteiger partial charge in [0.2, 0.25) is 5.28 Å². The van der Waals surface area contributed by atoms with Gasteiger partial charge in [0.25, 0.3) is 0 Å². The summed E-state index contributed by atoms with van der Waals surface area (Å²) in [6, 6.07) is 2.00.